The lowest BCUT2D eigenvalue weighted by Gasteiger charge is -2.28. The molecule has 1 atom stereocenters. The normalized spacial score (nSPS) is 12.7. The SMILES string of the molecule is COC(=O)[C@H](NC(=O)C(C)(C)NC(=O)CCCCCNC(=O)OC(C)(C)C)C(C)C. The van der Waals surface area contributed by atoms with E-state index in [1.807, 2.05) is 0 Å². The number of hydrogen-bond donors (Lipinski definition) is 3. The first-order valence-corrected chi connectivity index (χ1v) is 10.4. The molecule has 9 nitrogen and oxygen atoms in total. The summed E-state index contributed by atoms with van der Waals surface area (Å²) < 4.78 is 9.86. The number of esters is 1. The van der Waals surface area contributed by atoms with E-state index < -0.39 is 35.2 Å². The zero-order chi connectivity index (χ0) is 23.5. The minimum absolute atomic E-state index is 0.151. The molecule has 174 valence electrons. The molecular weight excluding hydrogens is 390 g/mol. The van der Waals surface area contributed by atoms with Crippen molar-refractivity contribution in [2.75, 3.05) is 13.7 Å². The lowest BCUT2D eigenvalue weighted by molar-refractivity contribution is -0.147. The van der Waals surface area contributed by atoms with Gasteiger partial charge in [0.05, 0.1) is 7.11 Å². The molecule has 0 aliphatic rings. The maximum atomic E-state index is 12.5. The number of alkyl carbamates (subject to hydrolysis) is 1. The van der Waals surface area contributed by atoms with Gasteiger partial charge in [-0.1, -0.05) is 20.3 Å². The number of amides is 3. The highest BCUT2D eigenvalue weighted by molar-refractivity contribution is 5.93. The van der Waals surface area contributed by atoms with Gasteiger partial charge in [-0.15, -0.1) is 0 Å². The van der Waals surface area contributed by atoms with Gasteiger partial charge in [0, 0.05) is 13.0 Å². The van der Waals surface area contributed by atoms with Crippen LogP contribution in [0.3, 0.4) is 0 Å². The lowest BCUT2D eigenvalue weighted by atomic mass is 9.99. The van der Waals surface area contributed by atoms with Crippen LogP contribution in [-0.2, 0) is 23.9 Å². The molecule has 0 spiro atoms. The highest BCUT2D eigenvalue weighted by atomic mass is 16.6. The van der Waals surface area contributed by atoms with Crippen molar-refractivity contribution in [2.45, 2.75) is 91.3 Å². The average molecular weight is 430 g/mol. The number of nitrogens with one attached hydrogen (secondary N) is 3. The molecule has 0 aromatic rings. The Kier molecular flexibility index (Phi) is 11.4. The van der Waals surface area contributed by atoms with Gasteiger partial charge in [0.1, 0.15) is 17.2 Å². The summed E-state index contributed by atoms with van der Waals surface area (Å²) in [6.45, 7) is 12.6. The van der Waals surface area contributed by atoms with Crippen LogP contribution < -0.4 is 16.0 Å². The minimum atomic E-state index is -1.17. The van der Waals surface area contributed by atoms with E-state index in [-0.39, 0.29) is 18.2 Å². The van der Waals surface area contributed by atoms with E-state index in [0.717, 1.165) is 6.42 Å². The lowest BCUT2D eigenvalue weighted by Crippen LogP contribution is -2.58. The highest BCUT2D eigenvalue weighted by Crippen LogP contribution is 2.10. The molecule has 0 aliphatic heterocycles. The molecule has 0 radical (unpaired) electrons. The minimum Gasteiger partial charge on any atom is -0.467 e. The van der Waals surface area contributed by atoms with E-state index in [0.29, 0.717) is 19.4 Å². The predicted molar refractivity (Wildman–Crippen MR) is 114 cm³/mol. The van der Waals surface area contributed by atoms with Crippen molar-refractivity contribution in [1.82, 2.24) is 16.0 Å². The van der Waals surface area contributed by atoms with E-state index in [9.17, 15) is 19.2 Å². The van der Waals surface area contributed by atoms with Gasteiger partial charge in [-0.25, -0.2) is 9.59 Å². The molecule has 0 bridgehead atoms. The van der Waals surface area contributed by atoms with E-state index in [4.69, 9.17) is 9.47 Å². The van der Waals surface area contributed by atoms with Crippen LogP contribution in [0.1, 0.15) is 74.1 Å². The zero-order valence-corrected chi connectivity index (χ0v) is 19.6. The summed E-state index contributed by atoms with van der Waals surface area (Å²) in [5.41, 5.74) is -1.70. The smallest absolute Gasteiger partial charge is 0.407 e. The number of carbonyl (C=O) groups is 4. The van der Waals surface area contributed by atoms with Gasteiger partial charge < -0.3 is 25.4 Å². The van der Waals surface area contributed by atoms with Gasteiger partial charge in [-0.2, -0.15) is 0 Å². The van der Waals surface area contributed by atoms with Gasteiger partial charge in [-0.05, 0) is 53.4 Å². The molecule has 0 aromatic heterocycles. The monoisotopic (exact) mass is 429 g/mol. The maximum Gasteiger partial charge on any atom is 0.407 e. The predicted octanol–water partition coefficient (Wildman–Crippen LogP) is 2.28. The van der Waals surface area contributed by atoms with Gasteiger partial charge in [0.2, 0.25) is 11.8 Å². The number of unbranched alkanes of at least 4 members (excludes halogenated alkanes) is 2. The summed E-state index contributed by atoms with van der Waals surface area (Å²) in [7, 11) is 1.26. The van der Waals surface area contributed by atoms with E-state index >= 15 is 0 Å². The second-order valence-corrected chi connectivity index (χ2v) is 9.13. The summed E-state index contributed by atoms with van der Waals surface area (Å²) >= 11 is 0. The summed E-state index contributed by atoms with van der Waals surface area (Å²) in [5, 5.41) is 8.01. The van der Waals surface area contributed by atoms with Crippen molar-refractivity contribution in [3.63, 3.8) is 0 Å². The van der Waals surface area contributed by atoms with Crippen molar-refractivity contribution >= 4 is 23.9 Å². The van der Waals surface area contributed by atoms with Crippen molar-refractivity contribution in [3.05, 3.63) is 0 Å². The Bertz CT molecular complexity index is 596. The molecule has 0 aromatic carbocycles. The molecule has 0 unspecified atom stereocenters. The Morgan fingerprint density at radius 2 is 1.53 bits per heavy atom. The third-order valence-corrected chi connectivity index (χ3v) is 4.18. The molecule has 0 rings (SSSR count). The first-order valence-electron chi connectivity index (χ1n) is 10.4. The van der Waals surface area contributed by atoms with Crippen LogP contribution in [-0.4, -0.2) is 54.7 Å². The Hall–Kier alpha value is -2.32. The summed E-state index contributed by atoms with van der Waals surface area (Å²) in [5.74, 6) is -1.39. The molecule has 0 saturated heterocycles. The van der Waals surface area contributed by atoms with Gasteiger partial charge in [-0.3, -0.25) is 9.59 Å². The topological polar surface area (TPSA) is 123 Å². The number of carbonyl (C=O) groups excluding carboxylic acids is 4. The summed E-state index contributed by atoms with van der Waals surface area (Å²) in [6.07, 6.45) is 1.88. The van der Waals surface area contributed by atoms with Crippen molar-refractivity contribution < 1.29 is 28.7 Å². The van der Waals surface area contributed by atoms with Crippen LogP contribution in [0.25, 0.3) is 0 Å². The zero-order valence-electron chi connectivity index (χ0n) is 19.6. The van der Waals surface area contributed by atoms with Gasteiger partial charge in [0.15, 0.2) is 0 Å². The Morgan fingerprint density at radius 3 is 2.03 bits per heavy atom. The summed E-state index contributed by atoms with van der Waals surface area (Å²) in [4.78, 5) is 48.1. The number of rotatable bonds is 11. The van der Waals surface area contributed by atoms with Gasteiger partial charge in [0.25, 0.3) is 0 Å². The van der Waals surface area contributed by atoms with Crippen molar-refractivity contribution in [2.24, 2.45) is 5.92 Å². The first-order chi connectivity index (χ1) is 13.7. The van der Waals surface area contributed by atoms with Crippen LogP contribution in [0.4, 0.5) is 4.79 Å². The largest absolute Gasteiger partial charge is 0.467 e. The van der Waals surface area contributed by atoms with Crippen molar-refractivity contribution in [3.8, 4) is 0 Å². The standard InChI is InChI=1S/C21H39N3O6/c1-14(2)16(17(26)29-8)23-18(27)21(6,7)24-15(25)12-10-9-11-13-22-19(28)30-20(3,4)5/h14,16H,9-13H2,1-8H3,(H,22,28)(H,23,27)(H,24,25)/t16-/m1/s1. The van der Waals surface area contributed by atoms with Gasteiger partial charge >= 0.3 is 12.1 Å². The van der Waals surface area contributed by atoms with E-state index in [1.165, 1.54) is 7.11 Å². The Morgan fingerprint density at radius 1 is 0.933 bits per heavy atom. The van der Waals surface area contributed by atoms with Crippen LogP contribution in [0.15, 0.2) is 0 Å². The Balaban J connectivity index is 4.29. The van der Waals surface area contributed by atoms with Crippen molar-refractivity contribution in [1.29, 1.82) is 0 Å². The van der Waals surface area contributed by atoms with Crippen LogP contribution in [0, 0.1) is 5.92 Å². The molecule has 0 saturated carbocycles. The van der Waals surface area contributed by atoms with Crippen LogP contribution >= 0.6 is 0 Å². The number of hydrogen-bond acceptors (Lipinski definition) is 6. The second-order valence-electron chi connectivity index (χ2n) is 9.13. The molecular formula is C21H39N3O6. The van der Waals surface area contributed by atoms with E-state index in [1.54, 1.807) is 48.5 Å². The molecule has 0 aliphatic carbocycles. The molecule has 3 amide bonds. The quantitative estimate of drug-likeness (QED) is 0.342. The van der Waals surface area contributed by atoms with Crippen LogP contribution in [0.2, 0.25) is 0 Å². The fourth-order valence-electron chi connectivity index (χ4n) is 2.51. The van der Waals surface area contributed by atoms with E-state index in [2.05, 4.69) is 16.0 Å². The third-order valence-electron chi connectivity index (χ3n) is 4.18. The Labute approximate surface area is 180 Å². The fraction of sp³-hybridized carbons (Fsp3) is 0.810. The highest BCUT2D eigenvalue weighted by Gasteiger charge is 2.34. The molecule has 0 heterocycles. The molecule has 3 N–H and O–H groups in total. The molecule has 9 heteroatoms. The van der Waals surface area contributed by atoms with Crippen LogP contribution in [0.5, 0.6) is 0 Å². The number of ether oxygens (including phenoxy) is 2. The molecule has 30 heavy (non-hydrogen) atoms. The third kappa shape index (κ3) is 11.6. The maximum absolute atomic E-state index is 12.5. The second kappa shape index (κ2) is 12.4. The summed E-state index contributed by atoms with van der Waals surface area (Å²) in [6, 6.07) is -0.781. The molecule has 0 fully saturated rings. The number of methoxy groups -OCH3 is 1. The average Bonchev–Trinajstić information content (AvgIpc) is 2.59. The fourth-order valence-corrected chi connectivity index (χ4v) is 2.51. The first kappa shape index (κ1) is 27.7.